The van der Waals surface area contributed by atoms with Crippen LogP contribution in [0.5, 0.6) is 0 Å². The molecule has 0 saturated carbocycles. The first kappa shape index (κ1) is 15.3. The van der Waals surface area contributed by atoms with E-state index in [2.05, 4.69) is 11.1 Å². The molecule has 1 amide bonds. The highest BCUT2D eigenvalue weighted by Gasteiger charge is 2.25. The zero-order chi connectivity index (χ0) is 15.7. The Morgan fingerprint density at radius 2 is 2.10 bits per heavy atom. The van der Waals surface area contributed by atoms with Crippen LogP contribution in [0.15, 0.2) is 18.2 Å². The summed E-state index contributed by atoms with van der Waals surface area (Å²) in [5.41, 5.74) is 1.81. The second kappa shape index (κ2) is 5.74. The van der Waals surface area contributed by atoms with Crippen molar-refractivity contribution in [2.75, 3.05) is 14.1 Å². The molecule has 0 fully saturated rings. The summed E-state index contributed by atoms with van der Waals surface area (Å²) in [5, 5.41) is 8.84. The highest BCUT2D eigenvalue weighted by atomic mass is 35.5. The van der Waals surface area contributed by atoms with E-state index in [0.717, 1.165) is 5.52 Å². The molecule has 0 saturated heterocycles. The van der Waals surface area contributed by atoms with Crippen LogP contribution in [0.25, 0.3) is 11.0 Å². The predicted molar refractivity (Wildman–Crippen MR) is 82.1 cm³/mol. The topological polar surface area (TPSA) is 61.9 Å². The van der Waals surface area contributed by atoms with Crippen molar-refractivity contribution in [1.82, 2.24) is 14.5 Å². The number of imidazole rings is 1. The largest absolute Gasteiger partial charge is 0.347 e. The normalized spacial score (nSPS) is 13.7. The smallest absolute Gasteiger partial charge is 0.244 e. The lowest BCUT2D eigenvalue weighted by Crippen LogP contribution is -2.30. The molecule has 1 aromatic carbocycles. The molecule has 0 aliphatic rings. The maximum atomic E-state index is 12.3. The van der Waals surface area contributed by atoms with Crippen molar-refractivity contribution in [2.24, 2.45) is 0 Å². The van der Waals surface area contributed by atoms with E-state index in [1.54, 1.807) is 33.2 Å². The Labute approximate surface area is 128 Å². The first-order chi connectivity index (χ1) is 9.88. The molecule has 110 valence electrons. The predicted octanol–water partition coefficient (Wildman–Crippen LogP) is 2.86. The number of alkyl halides is 1. The lowest BCUT2D eigenvalue weighted by atomic mass is 10.2. The number of nitriles is 1. The van der Waals surface area contributed by atoms with Crippen molar-refractivity contribution in [3.8, 4) is 6.07 Å². The van der Waals surface area contributed by atoms with E-state index in [1.165, 1.54) is 4.90 Å². The van der Waals surface area contributed by atoms with Gasteiger partial charge in [-0.05, 0) is 26.0 Å². The molecule has 0 bridgehead atoms. The van der Waals surface area contributed by atoms with Crippen molar-refractivity contribution >= 4 is 28.5 Å². The lowest BCUT2D eigenvalue weighted by molar-refractivity contribution is -0.131. The molecule has 0 spiro atoms. The van der Waals surface area contributed by atoms with Crippen LogP contribution < -0.4 is 0 Å². The molecule has 2 rings (SSSR count). The molecule has 1 heterocycles. The van der Waals surface area contributed by atoms with Crippen molar-refractivity contribution in [3.05, 3.63) is 29.6 Å². The van der Waals surface area contributed by atoms with Gasteiger partial charge < -0.3 is 9.47 Å². The molecule has 2 atom stereocenters. The van der Waals surface area contributed by atoms with Crippen molar-refractivity contribution in [3.63, 3.8) is 0 Å². The van der Waals surface area contributed by atoms with Crippen LogP contribution in [0, 0.1) is 11.3 Å². The van der Waals surface area contributed by atoms with Gasteiger partial charge in [-0.1, -0.05) is 6.07 Å². The van der Waals surface area contributed by atoms with Gasteiger partial charge in [0.15, 0.2) is 0 Å². The minimum Gasteiger partial charge on any atom is -0.347 e. The SMILES string of the molecule is CC(Cl)c1nc2c(C#N)cccc2n1C(C)C(=O)N(C)C. The number of carbonyl (C=O) groups is 1. The van der Waals surface area contributed by atoms with Gasteiger partial charge in [-0.3, -0.25) is 4.79 Å². The third kappa shape index (κ3) is 2.59. The molecule has 5 nitrogen and oxygen atoms in total. The monoisotopic (exact) mass is 304 g/mol. The highest BCUT2D eigenvalue weighted by Crippen LogP contribution is 2.30. The maximum absolute atomic E-state index is 12.3. The fourth-order valence-corrected chi connectivity index (χ4v) is 2.55. The Morgan fingerprint density at radius 3 is 2.62 bits per heavy atom. The van der Waals surface area contributed by atoms with Gasteiger partial charge in [-0.25, -0.2) is 4.98 Å². The van der Waals surface area contributed by atoms with E-state index >= 15 is 0 Å². The number of nitrogens with zero attached hydrogens (tertiary/aromatic N) is 4. The summed E-state index contributed by atoms with van der Waals surface area (Å²) in [5.74, 6) is 0.548. The highest BCUT2D eigenvalue weighted by molar-refractivity contribution is 6.20. The Morgan fingerprint density at radius 1 is 1.43 bits per heavy atom. The molecule has 21 heavy (non-hydrogen) atoms. The second-order valence-electron chi connectivity index (χ2n) is 5.15. The molecule has 0 aliphatic carbocycles. The number of aromatic nitrogens is 2. The molecule has 0 radical (unpaired) electrons. The number of carbonyl (C=O) groups excluding carboxylic acids is 1. The van der Waals surface area contributed by atoms with Crippen molar-refractivity contribution in [2.45, 2.75) is 25.3 Å². The Balaban J connectivity index is 2.74. The Kier molecular flexibility index (Phi) is 4.19. The van der Waals surface area contributed by atoms with E-state index in [0.29, 0.717) is 16.9 Å². The van der Waals surface area contributed by atoms with Crippen LogP contribution in [-0.4, -0.2) is 34.5 Å². The fraction of sp³-hybridized carbons (Fsp3) is 0.400. The van der Waals surface area contributed by atoms with E-state index in [-0.39, 0.29) is 11.3 Å². The summed E-state index contributed by atoms with van der Waals surface area (Å²) in [6, 6.07) is 7.04. The van der Waals surface area contributed by atoms with Crippen LogP contribution in [0.3, 0.4) is 0 Å². The number of para-hydroxylation sites is 1. The Hall–Kier alpha value is -2.06. The second-order valence-corrected chi connectivity index (χ2v) is 5.80. The third-order valence-electron chi connectivity index (χ3n) is 3.41. The van der Waals surface area contributed by atoms with Crippen LogP contribution in [-0.2, 0) is 4.79 Å². The van der Waals surface area contributed by atoms with Crippen LogP contribution in [0.2, 0.25) is 0 Å². The number of amides is 1. The average molecular weight is 305 g/mol. The summed E-state index contributed by atoms with van der Waals surface area (Å²) in [6.45, 7) is 3.61. The average Bonchev–Trinajstić information content (AvgIpc) is 2.84. The summed E-state index contributed by atoms with van der Waals surface area (Å²) in [4.78, 5) is 18.3. The van der Waals surface area contributed by atoms with E-state index in [4.69, 9.17) is 11.6 Å². The van der Waals surface area contributed by atoms with E-state index in [1.807, 2.05) is 17.6 Å². The zero-order valence-corrected chi connectivity index (χ0v) is 13.2. The number of likely N-dealkylation sites (N-methyl/N-ethyl adjacent to an activating group) is 1. The van der Waals surface area contributed by atoms with Gasteiger partial charge in [0.2, 0.25) is 5.91 Å². The Bertz CT molecular complexity index is 727. The first-order valence-corrected chi connectivity index (χ1v) is 7.08. The molecular formula is C15H17ClN4O. The van der Waals surface area contributed by atoms with Crippen molar-refractivity contribution < 1.29 is 4.79 Å². The summed E-state index contributed by atoms with van der Waals surface area (Å²) >= 11 is 6.21. The molecule has 2 unspecified atom stereocenters. The number of hydrogen-bond donors (Lipinski definition) is 0. The van der Waals surface area contributed by atoms with Gasteiger partial charge in [0.1, 0.15) is 23.5 Å². The molecule has 2 aromatic rings. The van der Waals surface area contributed by atoms with Crippen LogP contribution >= 0.6 is 11.6 Å². The lowest BCUT2D eigenvalue weighted by Gasteiger charge is -2.21. The molecule has 1 aromatic heterocycles. The third-order valence-corrected chi connectivity index (χ3v) is 3.60. The van der Waals surface area contributed by atoms with Gasteiger partial charge >= 0.3 is 0 Å². The zero-order valence-electron chi connectivity index (χ0n) is 12.5. The number of benzene rings is 1. The minimum absolute atomic E-state index is 0.0461. The standard InChI is InChI=1S/C15H17ClN4O/c1-9(16)14-18-13-11(8-17)6-5-7-12(13)20(14)10(2)15(21)19(3)4/h5-7,9-10H,1-4H3. The van der Waals surface area contributed by atoms with Gasteiger partial charge in [-0.15, -0.1) is 11.6 Å². The fourth-order valence-electron chi connectivity index (χ4n) is 2.40. The maximum Gasteiger partial charge on any atom is 0.244 e. The van der Waals surface area contributed by atoms with Crippen molar-refractivity contribution in [1.29, 1.82) is 5.26 Å². The number of rotatable bonds is 3. The van der Waals surface area contributed by atoms with E-state index < -0.39 is 6.04 Å². The van der Waals surface area contributed by atoms with Gasteiger partial charge in [-0.2, -0.15) is 5.26 Å². The van der Waals surface area contributed by atoms with Gasteiger partial charge in [0.05, 0.1) is 16.5 Å². The molecule has 0 aliphatic heterocycles. The number of hydrogen-bond acceptors (Lipinski definition) is 3. The minimum atomic E-state index is -0.435. The van der Waals surface area contributed by atoms with E-state index in [9.17, 15) is 10.1 Å². The molecule has 6 heteroatoms. The molecular weight excluding hydrogens is 288 g/mol. The summed E-state index contributed by atoms with van der Waals surface area (Å²) in [7, 11) is 3.42. The number of fused-ring (bicyclic) bond motifs is 1. The first-order valence-electron chi connectivity index (χ1n) is 6.64. The van der Waals surface area contributed by atoms with Gasteiger partial charge in [0.25, 0.3) is 0 Å². The quantitative estimate of drug-likeness (QED) is 0.819. The van der Waals surface area contributed by atoms with Gasteiger partial charge in [0, 0.05) is 14.1 Å². The van der Waals surface area contributed by atoms with Crippen LogP contribution in [0.1, 0.15) is 36.7 Å². The number of halogens is 1. The summed E-state index contributed by atoms with van der Waals surface area (Å²) in [6.07, 6.45) is 0. The van der Waals surface area contributed by atoms with Crippen LogP contribution in [0.4, 0.5) is 0 Å². The summed E-state index contributed by atoms with van der Waals surface area (Å²) < 4.78 is 1.82. The molecule has 0 N–H and O–H groups in total.